The Hall–Kier alpha value is -2.40. The van der Waals surface area contributed by atoms with Crippen molar-refractivity contribution in [2.75, 3.05) is 34.4 Å². The summed E-state index contributed by atoms with van der Waals surface area (Å²) >= 11 is 0. The van der Waals surface area contributed by atoms with Crippen LogP contribution in [0, 0.1) is 0 Å². The molecule has 24 heavy (non-hydrogen) atoms. The lowest BCUT2D eigenvalue weighted by Gasteiger charge is -2.31. The molecule has 0 saturated carbocycles. The number of hydrogen-bond donors (Lipinski definition) is 1. The average molecular weight is 327 g/mol. The van der Waals surface area contributed by atoms with Gasteiger partial charge < -0.3 is 24.2 Å². The van der Waals surface area contributed by atoms with Gasteiger partial charge in [-0.1, -0.05) is 6.07 Å². The highest BCUT2D eigenvalue weighted by atomic mass is 16.5. The smallest absolute Gasteiger partial charge is 0.173 e. The predicted octanol–water partition coefficient (Wildman–Crippen LogP) is 3.13. The number of aromatic hydroxyl groups is 1. The number of nitrogens with zero attached hydrogens (tertiary/aromatic N) is 1. The van der Waals surface area contributed by atoms with Gasteiger partial charge in [-0.25, -0.2) is 0 Å². The largest absolute Gasteiger partial charge is 0.504 e. The van der Waals surface area contributed by atoms with E-state index in [-0.39, 0.29) is 11.7 Å². The van der Waals surface area contributed by atoms with Gasteiger partial charge in [0.15, 0.2) is 23.0 Å². The van der Waals surface area contributed by atoms with Crippen molar-refractivity contribution < 1.29 is 19.3 Å². The fraction of sp³-hybridized carbons (Fsp3) is 0.368. The molecule has 1 N–H and O–H groups in total. The molecule has 2 aliphatic heterocycles. The van der Waals surface area contributed by atoms with E-state index in [1.807, 2.05) is 18.2 Å². The molecule has 0 saturated heterocycles. The summed E-state index contributed by atoms with van der Waals surface area (Å²) in [5, 5.41) is 10.3. The minimum atomic E-state index is 0.137. The Morgan fingerprint density at radius 2 is 1.92 bits per heavy atom. The maximum Gasteiger partial charge on any atom is 0.173 e. The number of fused-ring (bicyclic) bond motifs is 2. The predicted molar refractivity (Wildman–Crippen MR) is 90.8 cm³/mol. The molecule has 1 atom stereocenters. The molecule has 0 aliphatic carbocycles. The summed E-state index contributed by atoms with van der Waals surface area (Å²) in [7, 11) is 5.37. The van der Waals surface area contributed by atoms with Gasteiger partial charge in [0.1, 0.15) is 5.75 Å². The van der Waals surface area contributed by atoms with E-state index in [0.717, 1.165) is 30.6 Å². The second-order valence-corrected chi connectivity index (χ2v) is 6.40. The standard InChI is InChI=1S/C19H21NO4/c1-20-7-6-11-4-5-14(21)19-18(11)13(10-20)12-8-16(22-2)17(23-3)9-15(12)24-19/h4-5,8-9,13,21H,6-7,10H2,1-3H3. The highest BCUT2D eigenvalue weighted by Crippen LogP contribution is 2.52. The fourth-order valence-corrected chi connectivity index (χ4v) is 3.74. The van der Waals surface area contributed by atoms with Crippen molar-refractivity contribution in [3.63, 3.8) is 0 Å². The highest BCUT2D eigenvalue weighted by Gasteiger charge is 2.35. The van der Waals surface area contributed by atoms with Crippen molar-refractivity contribution in [2.24, 2.45) is 0 Å². The van der Waals surface area contributed by atoms with E-state index < -0.39 is 0 Å². The van der Waals surface area contributed by atoms with Crippen LogP contribution in [0.1, 0.15) is 22.6 Å². The van der Waals surface area contributed by atoms with E-state index in [2.05, 4.69) is 11.9 Å². The molecule has 0 amide bonds. The Morgan fingerprint density at radius 3 is 2.67 bits per heavy atom. The first-order chi connectivity index (χ1) is 11.6. The number of phenols is 1. The Morgan fingerprint density at radius 1 is 1.17 bits per heavy atom. The zero-order valence-electron chi connectivity index (χ0n) is 14.1. The number of benzene rings is 2. The maximum absolute atomic E-state index is 10.3. The molecule has 126 valence electrons. The molecular formula is C19H21NO4. The van der Waals surface area contributed by atoms with E-state index >= 15 is 0 Å². The maximum atomic E-state index is 10.3. The summed E-state index contributed by atoms with van der Waals surface area (Å²) in [6.45, 7) is 1.85. The van der Waals surface area contributed by atoms with E-state index in [9.17, 15) is 5.11 Å². The Kier molecular flexibility index (Phi) is 3.53. The summed E-state index contributed by atoms with van der Waals surface area (Å²) in [5.74, 6) is 2.93. The first-order valence-corrected chi connectivity index (χ1v) is 8.09. The summed E-state index contributed by atoms with van der Waals surface area (Å²) in [5.41, 5.74) is 3.40. The zero-order valence-corrected chi connectivity index (χ0v) is 14.1. The number of hydrogen-bond acceptors (Lipinski definition) is 5. The van der Waals surface area contributed by atoms with Crippen LogP contribution in [0.2, 0.25) is 0 Å². The van der Waals surface area contributed by atoms with Gasteiger partial charge in [-0.3, -0.25) is 0 Å². The van der Waals surface area contributed by atoms with Gasteiger partial charge in [-0.15, -0.1) is 0 Å². The van der Waals surface area contributed by atoms with Crippen LogP contribution in [0.15, 0.2) is 24.3 Å². The van der Waals surface area contributed by atoms with Crippen molar-refractivity contribution >= 4 is 0 Å². The fourth-order valence-electron chi connectivity index (χ4n) is 3.74. The quantitative estimate of drug-likeness (QED) is 0.918. The second-order valence-electron chi connectivity index (χ2n) is 6.40. The first kappa shape index (κ1) is 15.1. The lowest BCUT2D eigenvalue weighted by Crippen LogP contribution is -2.25. The molecule has 0 bridgehead atoms. The number of phenolic OH excluding ortho intramolecular Hbond substituents is 1. The van der Waals surface area contributed by atoms with Crippen molar-refractivity contribution in [1.29, 1.82) is 0 Å². The molecular weight excluding hydrogens is 306 g/mol. The molecule has 2 aliphatic rings. The number of rotatable bonds is 2. The average Bonchev–Trinajstić information content (AvgIpc) is 2.76. The lowest BCUT2D eigenvalue weighted by atomic mass is 9.84. The third kappa shape index (κ3) is 2.19. The Labute approximate surface area is 141 Å². The van der Waals surface area contributed by atoms with E-state index in [4.69, 9.17) is 14.2 Å². The SMILES string of the molecule is COc1cc2c(cc1OC)C1CN(C)CCc3ccc(O)c(c31)O2. The summed E-state index contributed by atoms with van der Waals surface area (Å²) in [4.78, 5) is 2.32. The lowest BCUT2D eigenvalue weighted by molar-refractivity contribution is 0.321. The third-order valence-corrected chi connectivity index (χ3v) is 4.97. The van der Waals surface area contributed by atoms with Crippen molar-refractivity contribution in [2.45, 2.75) is 12.3 Å². The van der Waals surface area contributed by atoms with Gasteiger partial charge in [-0.05, 0) is 31.2 Å². The van der Waals surface area contributed by atoms with Gasteiger partial charge >= 0.3 is 0 Å². The molecule has 0 radical (unpaired) electrons. The highest BCUT2D eigenvalue weighted by molar-refractivity contribution is 5.64. The van der Waals surface area contributed by atoms with Crippen LogP contribution < -0.4 is 14.2 Å². The van der Waals surface area contributed by atoms with Crippen LogP contribution in [0.3, 0.4) is 0 Å². The third-order valence-electron chi connectivity index (χ3n) is 4.97. The van der Waals surface area contributed by atoms with Crippen LogP contribution in [0.25, 0.3) is 0 Å². The molecule has 5 heteroatoms. The summed E-state index contributed by atoms with van der Waals surface area (Å²) in [6, 6.07) is 7.57. The van der Waals surface area contributed by atoms with E-state index in [1.54, 1.807) is 20.3 Å². The minimum absolute atomic E-state index is 0.137. The van der Waals surface area contributed by atoms with Gasteiger partial charge in [0, 0.05) is 36.2 Å². The molecule has 1 unspecified atom stereocenters. The first-order valence-electron chi connectivity index (χ1n) is 8.09. The number of ether oxygens (including phenoxy) is 3. The van der Waals surface area contributed by atoms with Crippen LogP contribution in [0.4, 0.5) is 0 Å². The monoisotopic (exact) mass is 327 g/mol. The molecule has 2 heterocycles. The molecule has 0 aromatic heterocycles. The van der Waals surface area contributed by atoms with Crippen molar-refractivity contribution in [1.82, 2.24) is 4.90 Å². The zero-order chi connectivity index (χ0) is 16.8. The van der Waals surface area contributed by atoms with E-state index in [1.165, 1.54) is 5.56 Å². The van der Waals surface area contributed by atoms with Gasteiger partial charge in [0.05, 0.1) is 14.2 Å². The number of methoxy groups -OCH3 is 2. The van der Waals surface area contributed by atoms with Crippen LogP contribution in [0.5, 0.6) is 28.7 Å². The van der Waals surface area contributed by atoms with Gasteiger partial charge in [0.2, 0.25) is 0 Å². The van der Waals surface area contributed by atoms with Gasteiger partial charge in [0.25, 0.3) is 0 Å². The topological polar surface area (TPSA) is 51.2 Å². The summed E-state index contributed by atoms with van der Waals surface area (Å²) < 4.78 is 16.9. The number of likely N-dealkylation sites (N-methyl/N-ethyl adjacent to an activating group) is 1. The molecule has 0 spiro atoms. The minimum Gasteiger partial charge on any atom is -0.504 e. The normalized spacial score (nSPS) is 18.9. The van der Waals surface area contributed by atoms with Crippen molar-refractivity contribution in [3.05, 3.63) is 41.0 Å². The molecule has 0 fully saturated rings. The second kappa shape index (κ2) is 5.60. The van der Waals surface area contributed by atoms with E-state index in [0.29, 0.717) is 23.0 Å². The molecule has 4 rings (SSSR count). The molecule has 2 aromatic carbocycles. The Bertz CT molecular complexity index is 802. The van der Waals surface area contributed by atoms with Crippen LogP contribution in [-0.4, -0.2) is 44.4 Å². The summed E-state index contributed by atoms with van der Waals surface area (Å²) in [6.07, 6.45) is 0.946. The van der Waals surface area contributed by atoms with Crippen LogP contribution >= 0.6 is 0 Å². The van der Waals surface area contributed by atoms with Crippen molar-refractivity contribution in [3.8, 4) is 28.7 Å². The Balaban J connectivity index is 1.95. The van der Waals surface area contributed by atoms with Gasteiger partial charge in [-0.2, -0.15) is 0 Å². The molecule has 2 aromatic rings. The van der Waals surface area contributed by atoms with Crippen LogP contribution in [-0.2, 0) is 6.42 Å². The molecule has 5 nitrogen and oxygen atoms in total.